The van der Waals surface area contributed by atoms with Gasteiger partial charge in [-0.15, -0.1) is 0 Å². The lowest BCUT2D eigenvalue weighted by Crippen LogP contribution is -2.32. The molecular weight excluding hydrogens is 160 g/mol. The van der Waals surface area contributed by atoms with Gasteiger partial charge in [0.15, 0.2) is 0 Å². The third-order valence-electron chi connectivity index (χ3n) is 3.71. The molecule has 0 spiro atoms. The van der Waals surface area contributed by atoms with Crippen molar-refractivity contribution in [1.29, 1.82) is 0 Å². The standard InChI is InChI=1S/C11H22N2/c1-3-9(2)6-13-7-10-4-5-12-11(10)8-13/h9-12H,3-8H2,1-2H3/t9?,10-,11+/m0/s1. The summed E-state index contributed by atoms with van der Waals surface area (Å²) in [5, 5.41) is 3.60. The first-order valence-corrected chi connectivity index (χ1v) is 5.75. The summed E-state index contributed by atoms with van der Waals surface area (Å²) in [6.45, 7) is 9.87. The Hall–Kier alpha value is -0.0800. The molecule has 13 heavy (non-hydrogen) atoms. The first-order chi connectivity index (χ1) is 6.29. The molecule has 2 aliphatic rings. The van der Waals surface area contributed by atoms with Crippen LogP contribution in [-0.4, -0.2) is 37.1 Å². The van der Waals surface area contributed by atoms with Crippen LogP contribution in [0.4, 0.5) is 0 Å². The van der Waals surface area contributed by atoms with E-state index in [2.05, 4.69) is 24.1 Å². The van der Waals surface area contributed by atoms with Crippen LogP contribution in [-0.2, 0) is 0 Å². The monoisotopic (exact) mass is 182 g/mol. The van der Waals surface area contributed by atoms with E-state index in [0.717, 1.165) is 17.9 Å². The molecule has 0 aromatic heterocycles. The van der Waals surface area contributed by atoms with Crippen LogP contribution < -0.4 is 5.32 Å². The second-order valence-corrected chi connectivity index (χ2v) is 4.84. The maximum atomic E-state index is 3.60. The fraction of sp³-hybridized carbons (Fsp3) is 1.00. The van der Waals surface area contributed by atoms with E-state index in [-0.39, 0.29) is 0 Å². The fourth-order valence-electron chi connectivity index (χ4n) is 2.66. The number of hydrogen-bond donors (Lipinski definition) is 1. The summed E-state index contributed by atoms with van der Waals surface area (Å²) < 4.78 is 0. The van der Waals surface area contributed by atoms with Gasteiger partial charge in [-0.3, -0.25) is 0 Å². The minimum Gasteiger partial charge on any atom is -0.312 e. The van der Waals surface area contributed by atoms with Gasteiger partial charge in [-0.25, -0.2) is 0 Å². The van der Waals surface area contributed by atoms with E-state index >= 15 is 0 Å². The Bertz CT molecular complexity index is 155. The van der Waals surface area contributed by atoms with Crippen LogP contribution in [0.1, 0.15) is 26.7 Å². The van der Waals surface area contributed by atoms with Crippen LogP contribution in [0.2, 0.25) is 0 Å². The SMILES string of the molecule is CCC(C)CN1C[C@@H]2CCN[C@@H]2C1. The third-order valence-corrected chi connectivity index (χ3v) is 3.71. The Kier molecular flexibility index (Phi) is 2.89. The number of likely N-dealkylation sites (tertiary alicyclic amines) is 1. The molecular formula is C11H22N2. The number of rotatable bonds is 3. The zero-order chi connectivity index (χ0) is 9.26. The third kappa shape index (κ3) is 2.05. The lowest BCUT2D eigenvalue weighted by molar-refractivity contribution is 0.267. The van der Waals surface area contributed by atoms with E-state index in [9.17, 15) is 0 Å². The van der Waals surface area contributed by atoms with Gasteiger partial charge in [-0.2, -0.15) is 0 Å². The predicted octanol–water partition coefficient (Wildman–Crippen LogP) is 1.33. The van der Waals surface area contributed by atoms with E-state index in [1.165, 1.54) is 39.0 Å². The molecule has 0 aliphatic carbocycles. The lowest BCUT2D eigenvalue weighted by atomic mass is 10.1. The topological polar surface area (TPSA) is 15.3 Å². The van der Waals surface area contributed by atoms with Crippen LogP contribution in [0, 0.1) is 11.8 Å². The largest absolute Gasteiger partial charge is 0.312 e. The number of nitrogens with zero attached hydrogens (tertiary/aromatic N) is 1. The van der Waals surface area contributed by atoms with Crippen LogP contribution in [0.25, 0.3) is 0 Å². The minimum atomic E-state index is 0.823. The molecule has 0 aromatic carbocycles. The van der Waals surface area contributed by atoms with Crippen molar-refractivity contribution >= 4 is 0 Å². The summed E-state index contributed by atoms with van der Waals surface area (Å²) in [4.78, 5) is 2.65. The summed E-state index contributed by atoms with van der Waals surface area (Å²) in [7, 11) is 0. The Labute approximate surface area is 81.7 Å². The Morgan fingerprint density at radius 3 is 3.00 bits per heavy atom. The molecule has 0 saturated carbocycles. The summed E-state index contributed by atoms with van der Waals surface area (Å²) in [6, 6.07) is 0.823. The van der Waals surface area contributed by atoms with Gasteiger partial charge >= 0.3 is 0 Å². The van der Waals surface area contributed by atoms with E-state index in [1.807, 2.05) is 0 Å². The highest BCUT2D eigenvalue weighted by molar-refractivity contribution is 4.93. The summed E-state index contributed by atoms with van der Waals surface area (Å²) in [6.07, 6.45) is 2.72. The summed E-state index contributed by atoms with van der Waals surface area (Å²) >= 11 is 0. The second-order valence-electron chi connectivity index (χ2n) is 4.84. The van der Waals surface area contributed by atoms with E-state index in [1.54, 1.807) is 0 Å². The van der Waals surface area contributed by atoms with Crippen LogP contribution in [0.5, 0.6) is 0 Å². The fourth-order valence-corrected chi connectivity index (χ4v) is 2.66. The highest BCUT2D eigenvalue weighted by Gasteiger charge is 2.35. The van der Waals surface area contributed by atoms with Gasteiger partial charge in [0.05, 0.1) is 0 Å². The minimum absolute atomic E-state index is 0.823. The molecule has 2 fully saturated rings. The molecule has 0 radical (unpaired) electrons. The number of hydrogen-bond acceptors (Lipinski definition) is 2. The Morgan fingerprint density at radius 1 is 1.46 bits per heavy atom. The van der Waals surface area contributed by atoms with Crippen LogP contribution in [0.15, 0.2) is 0 Å². The molecule has 3 atom stereocenters. The quantitative estimate of drug-likeness (QED) is 0.708. The molecule has 0 amide bonds. The van der Waals surface area contributed by atoms with Gasteiger partial charge in [0.25, 0.3) is 0 Å². The maximum absolute atomic E-state index is 3.60. The first-order valence-electron chi connectivity index (χ1n) is 5.75. The average molecular weight is 182 g/mol. The van der Waals surface area contributed by atoms with Crippen molar-refractivity contribution in [2.45, 2.75) is 32.7 Å². The summed E-state index contributed by atoms with van der Waals surface area (Å²) in [5.74, 6) is 1.84. The molecule has 1 N–H and O–H groups in total. The van der Waals surface area contributed by atoms with Crippen molar-refractivity contribution < 1.29 is 0 Å². The highest BCUT2D eigenvalue weighted by Crippen LogP contribution is 2.25. The molecule has 2 heterocycles. The van der Waals surface area contributed by atoms with Crippen molar-refractivity contribution in [3.63, 3.8) is 0 Å². The van der Waals surface area contributed by atoms with Crippen LogP contribution >= 0.6 is 0 Å². The maximum Gasteiger partial charge on any atom is 0.0235 e. The number of fused-ring (bicyclic) bond motifs is 1. The zero-order valence-corrected chi connectivity index (χ0v) is 8.92. The predicted molar refractivity (Wildman–Crippen MR) is 55.8 cm³/mol. The van der Waals surface area contributed by atoms with Crippen molar-refractivity contribution in [3.8, 4) is 0 Å². The van der Waals surface area contributed by atoms with Crippen molar-refractivity contribution in [2.75, 3.05) is 26.2 Å². The molecule has 2 aliphatic heterocycles. The first kappa shape index (κ1) is 9.47. The molecule has 1 unspecified atom stereocenters. The van der Waals surface area contributed by atoms with Gasteiger partial charge in [-0.05, 0) is 24.8 Å². The molecule has 76 valence electrons. The van der Waals surface area contributed by atoms with E-state index < -0.39 is 0 Å². The normalized spacial score (nSPS) is 36.5. The Balaban J connectivity index is 1.78. The van der Waals surface area contributed by atoms with E-state index in [0.29, 0.717) is 0 Å². The van der Waals surface area contributed by atoms with Gasteiger partial charge in [0.1, 0.15) is 0 Å². The average Bonchev–Trinajstić information content (AvgIpc) is 2.63. The molecule has 0 bridgehead atoms. The van der Waals surface area contributed by atoms with Crippen molar-refractivity contribution in [3.05, 3.63) is 0 Å². The molecule has 2 heteroatoms. The van der Waals surface area contributed by atoms with Gasteiger partial charge in [-0.1, -0.05) is 20.3 Å². The molecule has 2 rings (SSSR count). The lowest BCUT2D eigenvalue weighted by Gasteiger charge is -2.20. The second kappa shape index (κ2) is 3.97. The highest BCUT2D eigenvalue weighted by atomic mass is 15.2. The molecule has 2 nitrogen and oxygen atoms in total. The van der Waals surface area contributed by atoms with Gasteiger partial charge < -0.3 is 10.2 Å². The summed E-state index contributed by atoms with van der Waals surface area (Å²) in [5.41, 5.74) is 0. The molecule has 2 saturated heterocycles. The Morgan fingerprint density at radius 2 is 2.31 bits per heavy atom. The van der Waals surface area contributed by atoms with E-state index in [4.69, 9.17) is 0 Å². The zero-order valence-electron chi connectivity index (χ0n) is 8.92. The number of nitrogens with one attached hydrogen (secondary N) is 1. The molecule has 0 aromatic rings. The van der Waals surface area contributed by atoms with Gasteiger partial charge in [0, 0.05) is 25.7 Å². The van der Waals surface area contributed by atoms with Crippen molar-refractivity contribution in [2.24, 2.45) is 11.8 Å². The van der Waals surface area contributed by atoms with Crippen molar-refractivity contribution in [1.82, 2.24) is 10.2 Å². The van der Waals surface area contributed by atoms with Crippen LogP contribution in [0.3, 0.4) is 0 Å². The van der Waals surface area contributed by atoms with Gasteiger partial charge in [0.2, 0.25) is 0 Å². The smallest absolute Gasteiger partial charge is 0.0235 e.